The van der Waals surface area contributed by atoms with Crippen molar-refractivity contribution in [1.82, 2.24) is 34.7 Å². The Labute approximate surface area is 208 Å². The number of carbonyl (C=O) groups is 1. The van der Waals surface area contributed by atoms with E-state index in [1.54, 1.807) is 6.33 Å². The van der Waals surface area contributed by atoms with Crippen molar-refractivity contribution in [3.63, 3.8) is 0 Å². The van der Waals surface area contributed by atoms with E-state index in [0.717, 1.165) is 39.8 Å². The van der Waals surface area contributed by atoms with Crippen LogP contribution in [0.3, 0.4) is 0 Å². The van der Waals surface area contributed by atoms with Gasteiger partial charge < -0.3 is 31.2 Å². The topological polar surface area (TPSA) is 144 Å². The standard InChI is InChI=1S/C26H29N9O/c1-34(2)8-7-29-26(36)17-5-3-16(4-6-17)18-9-19-11-21(12-27)33-22(19)20(10-18)13-35-15-32-23-24(28)30-14-31-25(23)35/h3-6,9-11,14-15,33H,7-8,12-13,27H2,1-2H3,(H,29,36)(H2,28,30,31). The molecule has 0 aliphatic rings. The van der Waals surface area contributed by atoms with Gasteiger partial charge >= 0.3 is 0 Å². The number of rotatable bonds is 8. The van der Waals surface area contributed by atoms with Gasteiger partial charge in [0.2, 0.25) is 0 Å². The van der Waals surface area contributed by atoms with Crippen LogP contribution < -0.4 is 16.8 Å². The number of hydrogen-bond donors (Lipinski definition) is 4. The largest absolute Gasteiger partial charge is 0.382 e. The second-order valence-electron chi connectivity index (χ2n) is 9.04. The first-order chi connectivity index (χ1) is 17.4. The van der Waals surface area contributed by atoms with Crippen molar-refractivity contribution in [2.75, 3.05) is 32.9 Å². The summed E-state index contributed by atoms with van der Waals surface area (Å²) in [7, 11) is 3.96. The van der Waals surface area contributed by atoms with Crippen LogP contribution in [-0.4, -0.2) is 62.5 Å². The number of nitrogens with one attached hydrogen (secondary N) is 2. The number of amides is 1. The summed E-state index contributed by atoms with van der Waals surface area (Å²) in [6.07, 6.45) is 3.17. The average Bonchev–Trinajstić information content (AvgIpc) is 3.49. The minimum absolute atomic E-state index is 0.0778. The number of benzene rings is 2. The number of carbonyl (C=O) groups excluding carboxylic acids is 1. The van der Waals surface area contributed by atoms with Gasteiger partial charge in [0, 0.05) is 36.3 Å². The fourth-order valence-electron chi connectivity index (χ4n) is 4.29. The Morgan fingerprint density at radius 3 is 2.64 bits per heavy atom. The third-order valence-electron chi connectivity index (χ3n) is 6.18. The summed E-state index contributed by atoms with van der Waals surface area (Å²) in [5.74, 6) is 0.278. The molecular weight excluding hydrogens is 454 g/mol. The number of H-pyrrole nitrogens is 1. The molecule has 0 aliphatic carbocycles. The molecule has 0 radical (unpaired) electrons. The first-order valence-electron chi connectivity index (χ1n) is 11.7. The highest BCUT2D eigenvalue weighted by Crippen LogP contribution is 2.30. The van der Waals surface area contributed by atoms with Crippen molar-refractivity contribution in [3.05, 3.63) is 71.9 Å². The number of fused-ring (bicyclic) bond motifs is 2. The molecule has 0 unspecified atom stereocenters. The second kappa shape index (κ2) is 9.76. The van der Waals surface area contributed by atoms with Crippen molar-refractivity contribution in [1.29, 1.82) is 0 Å². The molecule has 0 saturated heterocycles. The van der Waals surface area contributed by atoms with Gasteiger partial charge in [-0.3, -0.25) is 4.79 Å². The average molecular weight is 484 g/mol. The van der Waals surface area contributed by atoms with Crippen molar-refractivity contribution in [2.24, 2.45) is 5.73 Å². The molecule has 0 fully saturated rings. The summed E-state index contributed by atoms with van der Waals surface area (Å²) in [4.78, 5) is 30.7. The zero-order valence-corrected chi connectivity index (χ0v) is 20.3. The fraction of sp³-hybridized carbons (Fsp3) is 0.231. The van der Waals surface area contributed by atoms with Crippen LogP contribution in [0.1, 0.15) is 21.6 Å². The predicted octanol–water partition coefficient (Wildman–Crippen LogP) is 2.36. The number of likely N-dealkylation sites (N-methyl/N-ethyl adjacent to an activating group) is 1. The molecule has 6 N–H and O–H groups in total. The van der Waals surface area contributed by atoms with Crippen LogP contribution in [0.5, 0.6) is 0 Å². The Balaban J connectivity index is 1.48. The van der Waals surface area contributed by atoms with Crippen LogP contribution in [0.15, 0.2) is 55.1 Å². The summed E-state index contributed by atoms with van der Waals surface area (Å²) in [5.41, 5.74) is 18.9. The van der Waals surface area contributed by atoms with E-state index in [1.807, 2.05) is 47.8 Å². The summed E-state index contributed by atoms with van der Waals surface area (Å²) in [6.45, 7) is 2.34. The lowest BCUT2D eigenvalue weighted by molar-refractivity contribution is 0.0951. The van der Waals surface area contributed by atoms with Crippen LogP contribution in [0.25, 0.3) is 33.2 Å². The number of aromatic nitrogens is 5. The molecule has 0 spiro atoms. The summed E-state index contributed by atoms with van der Waals surface area (Å²) < 4.78 is 1.95. The van der Waals surface area contributed by atoms with Gasteiger partial charge in [0.15, 0.2) is 11.5 Å². The predicted molar refractivity (Wildman–Crippen MR) is 141 cm³/mol. The SMILES string of the molecule is CN(C)CCNC(=O)c1ccc(-c2cc(Cn3cnc4c(N)ncnc43)c3[nH]c(CN)cc3c2)cc1. The van der Waals surface area contributed by atoms with E-state index in [4.69, 9.17) is 11.5 Å². The van der Waals surface area contributed by atoms with E-state index < -0.39 is 0 Å². The number of imidazole rings is 1. The van der Waals surface area contributed by atoms with Crippen LogP contribution in [0.4, 0.5) is 5.82 Å². The van der Waals surface area contributed by atoms with Gasteiger partial charge in [0.25, 0.3) is 5.91 Å². The molecule has 10 heteroatoms. The molecule has 184 valence electrons. The number of nitrogen functional groups attached to an aromatic ring is 1. The van der Waals surface area contributed by atoms with Gasteiger partial charge in [-0.1, -0.05) is 12.1 Å². The van der Waals surface area contributed by atoms with Gasteiger partial charge in [-0.05, 0) is 61.1 Å². The first-order valence-corrected chi connectivity index (χ1v) is 11.7. The normalized spacial score (nSPS) is 11.6. The molecule has 3 heterocycles. The Kier molecular flexibility index (Phi) is 6.36. The smallest absolute Gasteiger partial charge is 0.251 e. The van der Waals surface area contributed by atoms with Gasteiger partial charge in [-0.2, -0.15) is 0 Å². The minimum atomic E-state index is -0.0778. The highest BCUT2D eigenvalue weighted by Gasteiger charge is 2.14. The quantitative estimate of drug-likeness (QED) is 0.265. The molecule has 2 aromatic carbocycles. The molecular formula is C26H29N9O. The Morgan fingerprint density at radius 1 is 1.08 bits per heavy atom. The van der Waals surface area contributed by atoms with E-state index in [0.29, 0.717) is 42.2 Å². The van der Waals surface area contributed by atoms with E-state index in [1.165, 1.54) is 6.33 Å². The Morgan fingerprint density at radius 2 is 1.89 bits per heavy atom. The Hall–Kier alpha value is -4.28. The number of aromatic amines is 1. The van der Waals surface area contributed by atoms with E-state index in [-0.39, 0.29) is 5.91 Å². The number of nitrogens with zero attached hydrogens (tertiary/aromatic N) is 5. The summed E-state index contributed by atoms with van der Waals surface area (Å²) in [5, 5.41) is 4.01. The highest BCUT2D eigenvalue weighted by molar-refractivity contribution is 5.95. The molecule has 3 aromatic heterocycles. The third kappa shape index (κ3) is 4.64. The summed E-state index contributed by atoms with van der Waals surface area (Å²) >= 11 is 0. The molecule has 36 heavy (non-hydrogen) atoms. The monoisotopic (exact) mass is 483 g/mol. The van der Waals surface area contributed by atoms with Crippen molar-refractivity contribution < 1.29 is 4.79 Å². The Bertz CT molecular complexity index is 1530. The molecule has 0 bridgehead atoms. The minimum Gasteiger partial charge on any atom is -0.382 e. The van der Waals surface area contributed by atoms with Crippen molar-refractivity contribution >= 4 is 33.8 Å². The van der Waals surface area contributed by atoms with Gasteiger partial charge in [-0.25, -0.2) is 15.0 Å². The molecule has 0 saturated carbocycles. The third-order valence-corrected chi connectivity index (χ3v) is 6.18. The van der Waals surface area contributed by atoms with Gasteiger partial charge in [0.05, 0.1) is 18.4 Å². The van der Waals surface area contributed by atoms with Crippen molar-refractivity contribution in [3.8, 4) is 11.1 Å². The zero-order valence-electron chi connectivity index (χ0n) is 20.3. The first kappa shape index (κ1) is 23.5. The molecule has 10 nitrogen and oxygen atoms in total. The van der Waals surface area contributed by atoms with E-state index >= 15 is 0 Å². The maximum Gasteiger partial charge on any atom is 0.251 e. The maximum absolute atomic E-state index is 12.5. The van der Waals surface area contributed by atoms with Crippen LogP contribution in [0.2, 0.25) is 0 Å². The second-order valence-corrected chi connectivity index (χ2v) is 9.04. The molecule has 1 amide bonds. The molecule has 5 rings (SSSR count). The van der Waals surface area contributed by atoms with Crippen LogP contribution >= 0.6 is 0 Å². The molecule has 0 atom stereocenters. The lowest BCUT2D eigenvalue weighted by Crippen LogP contribution is -2.31. The molecule has 5 aromatic rings. The van der Waals surface area contributed by atoms with Crippen molar-refractivity contribution in [2.45, 2.75) is 13.1 Å². The van der Waals surface area contributed by atoms with Gasteiger partial charge in [-0.15, -0.1) is 0 Å². The van der Waals surface area contributed by atoms with E-state index in [2.05, 4.69) is 43.5 Å². The fourth-order valence-corrected chi connectivity index (χ4v) is 4.29. The van der Waals surface area contributed by atoms with Crippen LogP contribution in [-0.2, 0) is 13.1 Å². The zero-order chi connectivity index (χ0) is 25.2. The van der Waals surface area contributed by atoms with Crippen LogP contribution in [0, 0.1) is 0 Å². The highest BCUT2D eigenvalue weighted by atomic mass is 16.1. The summed E-state index contributed by atoms with van der Waals surface area (Å²) in [6, 6.07) is 14.0. The number of anilines is 1. The lowest BCUT2D eigenvalue weighted by atomic mass is 9.99. The number of nitrogens with two attached hydrogens (primary N) is 2. The van der Waals surface area contributed by atoms with E-state index in [9.17, 15) is 4.79 Å². The lowest BCUT2D eigenvalue weighted by Gasteiger charge is -2.12. The maximum atomic E-state index is 12.5. The van der Waals surface area contributed by atoms with Gasteiger partial charge in [0.1, 0.15) is 11.8 Å². The molecule has 0 aliphatic heterocycles. The number of hydrogen-bond acceptors (Lipinski definition) is 7.